The van der Waals surface area contributed by atoms with Gasteiger partial charge in [0.1, 0.15) is 11.5 Å². The Morgan fingerprint density at radius 1 is 1.29 bits per heavy atom. The lowest BCUT2D eigenvalue weighted by Crippen LogP contribution is -2.11. The zero-order valence-electron chi connectivity index (χ0n) is 8.28. The molecular formula is C10H12N2O2. The Kier molecular flexibility index (Phi) is 3.45. The number of nitrogens with zero attached hydrogens (tertiary/aromatic N) is 2. The summed E-state index contributed by atoms with van der Waals surface area (Å²) in [5, 5.41) is 0. The van der Waals surface area contributed by atoms with Gasteiger partial charge in [0.2, 0.25) is 0 Å². The first-order valence-electron chi connectivity index (χ1n) is 4.47. The van der Waals surface area contributed by atoms with Crippen LogP contribution in [-0.2, 0) is 11.2 Å². The highest BCUT2D eigenvalue weighted by Crippen LogP contribution is 2.05. The van der Waals surface area contributed by atoms with Crippen molar-refractivity contribution in [3.05, 3.63) is 23.8 Å². The Balaban J connectivity index is 2.94. The molecule has 1 rings (SSSR count). The molecule has 0 amide bonds. The number of ketones is 2. The summed E-state index contributed by atoms with van der Waals surface area (Å²) in [5.41, 5.74) is 0.976. The third-order valence-corrected chi connectivity index (χ3v) is 1.78. The van der Waals surface area contributed by atoms with E-state index in [4.69, 9.17) is 0 Å². The molecule has 0 saturated carbocycles. The topological polar surface area (TPSA) is 59.9 Å². The van der Waals surface area contributed by atoms with E-state index in [0.29, 0.717) is 17.8 Å². The molecule has 1 aromatic heterocycles. The zero-order valence-corrected chi connectivity index (χ0v) is 8.28. The van der Waals surface area contributed by atoms with Crippen LogP contribution in [0.2, 0.25) is 0 Å². The fraction of sp³-hybridized carbons (Fsp3) is 0.400. The maximum atomic E-state index is 11.5. The number of rotatable bonds is 4. The smallest absolute Gasteiger partial charge is 0.190 e. The number of hydrogen-bond acceptors (Lipinski definition) is 4. The standard InChI is InChI=1S/C10H12N2O2/c1-3-8-10(12-5-4-11-8)9(14)6-7(2)13/h4-5H,3,6H2,1-2H3. The van der Waals surface area contributed by atoms with Gasteiger partial charge in [0, 0.05) is 12.4 Å². The quantitative estimate of drug-likeness (QED) is 0.531. The molecule has 0 radical (unpaired) electrons. The third kappa shape index (κ3) is 2.45. The molecule has 0 N–H and O–H groups in total. The first-order valence-corrected chi connectivity index (χ1v) is 4.47. The summed E-state index contributed by atoms with van der Waals surface area (Å²) >= 11 is 0. The van der Waals surface area contributed by atoms with Gasteiger partial charge in [-0.15, -0.1) is 0 Å². The summed E-state index contributed by atoms with van der Waals surface area (Å²) in [4.78, 5) is 30.2. The second kappa shape index (κ2) is 4.60. The Labute approximate surface area is 82.4 Å². The van der Waals surface area contributed by atoms with Crippen molar-refractivity contribution >= 4 is 11.6 Å². The summed E-state index contributed by atoms with van der Waals surface area (Å²) < 4.78 is 0. The summed E-state index contributed by atoms with van der Waals surface area (Å²) in [5.74, 6) is -0.398. The molecule has 0 saturated heterocycles. The van der Waals surface area contributed by atoms with Gasteiger partial charge in [-0.1, -0.05) is 6.92 Å². The van der Waals surface area contributed by atoms with E-state index in [1.54, 1.807) is 6.20 Å². The molecule has 0 aliphatic carbocycles. The van der Waals surface area contributed by atoms with Crippen LogP contribution in [-0.4, -0.2) is 21.5 Å². The van der Waals surface area contributed by atoms with E-state index in [0.717, 1.165) is 0 Å². The van der Waals surface area contributed by atoms with Gasteiger partial charge in [-0.25, -0.2) is 4.98 Å². The number of aryl methyl sites for hydroxylation is 1. The minimum absolute atomic E-state index is 0.0916. The molecule has 4 nitrogen and oxygen atoms in total. The summed E-state index contributed by atoms with van der Waals surface area (Å²) in [7, 11) is 0. The summed E-state index contributed by atoms with van der Waals surface area (Å²) in [6.07, 6.45) is 3.56. The molecule has 0 bridgehead atoms. The highest BCUT2D eigenvalue weighted by atomic mass is 16.1. The van der Waals surface area contributed by atoms with Crippen LogP contribution in [0.3, 0.4) is 0 Å². The van der Waals surface area contributed by atoms with Crippen LogP contribution in [0.5, 0.6) is 0 Å². The van der Waals surface area contributed by atoms with Crippen molar-refractivity contribution in [3.8, 4) is 0 Å². The Bertz CT molecular complexity index is 361. The summed E-state index contributed by atoms with van der Waals surface area (Å²) in [6.45, 7) is 3.29. The fourth-order valence-corrected chi connectivity index (χ4v) is 1.17. The van der Waals surface area contributed by atoms with E-state index in [1.165, 1.54) is 13.1 Å². The van der Waals surface area contributed by atoms with Gasteiger partial charge < -0.3 is 0 Å². The minimum atomic E-state index is -0.248. The van der Waals surface area contributed by atoms with Crippen LogP contribution in [0.4, 0.5) is 0 Å². The van der Waals surface area contributed by atoms with E-state index in [2.05, 4.69) is 9.97 Å². The second-order valence-electron chi connectivity index (χ2n) is 3.01. The van der Waals surface area contributed by atoms with E-state index in [1.807, 2.05) is 6.92 Å². The second-order valence-corrected chi connectivity index (χ2v) is 3.01. The summed E-state index contributed by atoms with van der Waals surface area (Å²) in [6, 6.07) is 0. The van der Waals surface area contributed by atoms with E-state index >= 15 is 0 Å². The Morgan fingerprint density at radius 2 is 1.93 bits per heavy atom. The lowest BCUT2D eigenvalue weighted by atomic mass is 10.1. The van der Waals surface area contributed by atoms with Crippen LogP contribution in [0, 0.1) is 0 Å². The monoisotopic (exact) mass is 192 g/mol. The molecule has 0 fully saturated rings. The van der Waals surface area contributed by atoms with Crippen LogP contribution in [0.15, 0.2) is 12.4 Å². The fourth-order valence-electron chi connectivity index (χ4n) is 1.17. The van der Waals surface area contributed by atoms with Gasteiger partial charge in [-0.3, -0.25) is 14.6 Å². The number of carbonyl (C=O) groups excluding carboxylic acids is 2. The maximum absolute atomic E-state index is 11.5. The molecule has 0 unspecified atom stereocenters. The molecule has 1 aromatic rings. The number of hydrogen-bond donors (Lipinski definition) is 0. The van der Waals surface area contributed by atoms with Gasteiger partial charge in [-0.05, 0) is 13.3 Å². The Morgan fingerprint density at radius 3 is 2.50 bits per heavy atom. The molecule has 0 aliphatic heterocycles. The maximum Gasteiger partial charge on any atom is 0.190 e. The SMILES string of the molecule is CCc1nccnc1C(=O)CC(C)=O. The molecule has 0 aliphatic rings. The molecule has 0 spiro atoms. The van der Waals surface area contributed by atoms with Crippen molar-refractivity contribution in [3.63, 3.8) is 0 Å². The number of aromatic nitrogens is 2. The Hall–Kier alpha value is -1.58. The third-order valence-electron chi connectivity index (χ3n) is 1.78. The zero-order chi connectivity index (χ0) is 10.6. The van der Waals surface area contributed by atoms with Crippen molar-refractivity contribution in [1.82, 2.24) is 9.97 Å². The number of carbonyl (C=O) groups is 2. The first kappa shape index (κ1) is 10.5. The predicted molar refractivity (Wildman–Crippen MR) is 51.0 cm³/mol. The highest BCUT2D eigenvalue weighted by Gasteiger charge is 2.14. The van der Waals surface area contributed by atoms with Crippen molar-refractivity contribution in [2.75, 3.05) is 0 Å². The molecule has 0 aromatic carbocycles. The molecule has 74 valence electrons. The minimum Gasteiger partial charge on any atom is -0.300 e. The molecule has 0 atom stereocenters. The van der Waals surface area contributed by atoms with E-state index in [-0.39, 0.29) is 18.0 Å². The van der Waals surface area contributed by atoms with Gasteiger partial charge in [0.05, 0.1) is 12.1 Å². The van der Waals surface area contributed by atoms with Crippen LogP contribution < -0.4 is 0 Å². The normalized spacial score (nSPS) is 9.86. The van der Waals surface area contributed by atoms with Crippen molar-refractivity contribution in [2.24, 2.45) is 0 Å². The molecule has 1 heterocycles. The lowest BCUT2D eigenvalue weighted by Gasteiger charge is -2.02. The van der Waals surface area contributed by atoms with Crippen LogP contribution in [0.1, 0.15) is 36.5 Å². The van der Waals surface area contributed by atoms with Gasteiger partial charge >= 0.3 is 0 Å². The first-order chi connectivity index (χ1) is 6.65. The molecular weight excluding hydrogens is 180 g/mol. The lowest BCUT2D eigenvalue weighted by molar-refractivity contribution is -0.116. The molecule has 14 heavy (non-hydrogen) atoms. The predicted octanol–water partition coefficient (Wildman–Crippen LogP) is 1.20. The van der Waals surface area contributed by atoms with E-state index in [9.17, 15) is 9.59 Å². The van der Waals surface area contributed by atoms with Crippen molar-refractivity contribution in [1.29, 1.82) is 0 Å². The van der Waals surface area contributed by atoms with Crippen LogP contribution in [0.25, 0.3) is 0 Å². The van der Waals surface area contributed by atoms with Crippen molar-refractivity contribution < 1.29 is 9.59 Å². The van der Waals surface area contributed by atoms with E-state index < -0.39 is 0 Å². The average Bonchev–Trinajstić information content (AvgIpc) is 2.16. The van der Waals surface area contributed by atoms with Crippen molar-refractivity contribution in [2.45, 2.75) is 26.7 Å². The largest absolute Gasteiger partial charge is 0.300 e. The average molecular weight is 192 g/mol. The van der Waals surface area contributed by atoms with Gasteiger partial charge in [0.15, 0.2) is 5.78 Å². The van der Waals surface area contributed by atoms with Gasteiger partial charge in [-0.2, -0.15) is 0 Å². The highest BCUT2D eigenvalue weighted by molar-refractivity contribution is 6.06. The number of Topliss-reactive ketones (excluding diaryl/α,β-unsaturated/α-hetero) is 2. The van der Waals surface area contributed by atoms with Gasteiger partial charge in [0.25, 0.3) is 0 Å². The van der Waals surface area contributed by atoms with Crippen LogP contribution >= 0.6 is 0 Å². The molecule has 4 heteroatoms.